The summed E-state index contributed by atoms with van der Waals surface area (Å²) in [7, 11) is 0. The molecule has 138 valence electrons. The first-order valence-electron chi connectivity index (χ1n) is 8.10. The quantitative estimate of drug-likeness (QED) is 0.830. The van der Waals surface area contributed by atoms with Crippen LogP contribution in [0.1, 0.15) is 12.1 Å². The third-order valence-corrected chi connectivity index (χ3v) is 5.38. The second kappa shape index (κ2) is 10.4. The van der Waals surface area contributed by atoms with Gasteiger partial charge in [-0.3, -0.25) is 9.69 Å². The minimum atomic E-state index is 0. The van der Waals surface area contributed by atoms with Gasteiger partial charge in [-0.25, -0.2) is 4.98 Å². The fraction of sp³-hybridized carbons (Fsp3) is 0.733. The number of amides is 1. The maximum atomic E-state index is 12.2. The molecule has 2 fully saturated rings. The lowest BCUT2D eigenvalue weighted by molar-refractivity contribution is -0.132. The number of aryl methyl sites for hydroxylation is 1. The SMILES string of the molecule is Cc1csc(N2CCN(CCC(=O)N3CCNCC3)CC2)n1.Cl.Cl. The Morgan fingerprint density at radius 2 is 1.83 bits per heavy atom. The van der Waals surface area contributed by atoms with Crippen LogP contribution in [0.5, 0.6) is 0 Å². The number of thiazole rings is 1. The number of aromatic nitrogens is 1. The molecular weight excluding hydrogens is 369 g/mol. The molecule has 2 saturated heterocycles. The van der Waals surface area contributed by atoms with E-state index in [1.807, 2.05) is 11.8 Å². The maximum absolute atomic E-state index is 12.2. The summed E-state index contributed by atoms with van der Waals surface area (Å²) in [6, 6.07) is 0. The van der Waals surface area contributed by atoms with Crippen molar-refractivity contribution in [3.05, 3.63) is 11.1 Å². The summed E-state index contributed by atoms with van der Waals surface area (Å²) >= 11 is 1.72. The molecule has 3 rings (SSSR count). The Kier molecular flexibility index (Phi) is 9.30. The number of anilines is 1. The highest BCUT2D eigenvalue weighted by Gasteiger charge is 2.21. The van der Waals surface area contributed by atoms with Crippen molar-refractivity contribution in [2.45, 2.75) is 13.3 Å². The molecule has 2 aliphatic rings. The lowest BCUT2D eigenvalue weighted by Crippen LogP contribution is -2.49. The van der Waals surface area contributed by atoms with Crippen molar-refractivity contribution in [2.75, 3.05) is 63.8 Å². The second-order valence-corrected chi connectivity index (χ2v) is 6.82. The van der Waals surface area contributed by atoms with Crippen LogP contribution in [-0.2, 0) is 4.79 Å². The van der Waals surface area contributed by atoms with Gasteiger partial charge in [0.1, 0.15) is 0 Å². The number of carbonyl (C=O) groups excluding carboxylic acids is 1. The molecular formula is C15H27Cl2N5OS. The van der Waals surface area contributed by atoms with Gasteiger partial charge in [0.2, 0.25) is 5.91 Å². The molecule has 0 spiro atoms. The maximum Gasteiger partial charge on any atom is 0.223 e. The van der Waals surface area contributed by atoms with Crippen molar-refractivity contribution in [2.24, 2.45) is 0 Å². The molecule has 2 aliphatic heterocycles. The van der Waals surface area contributed by atoms with E-state index in [-0.39, 0.29) is 24.8 Å². The summed E-state index contributed by atoms with van der Waals surface area (Å²) in [4.78, 5) is 23.5. The monoisotopic (exact) mass is 395 g/mol. The normalized spacial score (nSPS) is 18.7. The average Bonchev–Trinajstić information content (AvgIpc) is 3.00. The van der Waals surface area contributed by atoms with Crippen molar-refractivity contribution >= 4 is 47.2 Å². The predicted molar refractivity (Wildman–Crippen MR) is 104 cm³/mol. The Morgan fingerprint density at radius 1 is 1.17 bits per heavy atom. The van der Waals surface area contributed by atoms with Gasteiger partial charge >= 0.3 is 0 Å². The van der Waals surface area contributed by atoms with Gasteiger partial charge < -0.3 is 15.1 Å². The molecule has 0 aromatic carbocycles. The van der Waals surface area contributed by atoms with Crippen LogP contribution in [0.3, 0.4) is 0 Å². The molecule has 1 N–H and O–H groups in total. The van der Waals surface area contributed by atoms with Gasteiger partial charge in [0.25, 0.3) is 0 Å². The van der Waals surface area contributed by atoms with Gasteiger partial charge in [0.15, 0.2) is 5.13 Å². The summed E-state index contributed by atoms with van der Waals surface area (Å²) in [5.74, 6) is 0.305. The van der Waals surface area contributed by atoms with Crippen LogP contribution < -0.4 is 10.2 Å². The molecule has 9 heteroatoms. The van der Waals surface area contributed by atoms with Gasteiger partial charge in [-0.2, -0.15) is 0 Å². The fourth-order valence-electron chi connectivity index (χ4n) is 2.98. The smallest absolute Gasteiger partial charge is 0.223 e. The van der Waals surface area contributed by atoms with Gasteiger partial charge in [0, 0.05) is 70.7 Å². The predicted octanol–water partition coefficient (Wildman–Crippen LogP) is 1.24. The summed E-state index contributed by atoms with van der Waals surface area (Å²) in [5.41, 5.74) is 1.10. The Labute approximate surface area is 160 Å². The second-order valence-electron chi connectivity index (χ2n) is 5.98. The van der Waals surface area contributed by atoms with Crippen molar-refractivity contribution < 1.29 is 4.79 Å². The van der Waals surface area contributed by atoms with Crippen LogP contribution >= 0.6 is 36.2 Å². The number of halogens is 2. The van der Waals surface area contributed by atoms with Crippen LogP contribution in [0.25, 0.3) is 0 Å². The van der Waals surface area contributed by atoms with Crippen LogP contribution in [0.4, 0.5) is 5.13 Å². The molecule has 1 amide bonds. The van der Waals surface area contributed by atoms with E-state index < -0.39 is 0 Å². The minimum Gasteiger partial charge on any atom is -0.346 e. The third-order valence-electron chi connectivity index (χ3n) is 4.36. The van der Waals surface area contributed by atoms with Crippen LogP contribution in [-0.4, -0.2) is 79.6 Å². The Morgan fingerprint density at radius 3 is 2.42 bits per heavy atom. The molecule has 3 heterocycles. The number of rotatable bonds is 4. The van der Waals surface area contributed by atoms with Crippen LogP contribution in [0.15, 0.2) is 5.38 Å². The van der Waals surface area contributed by atoms with E-state index in [4.69, 9.17) is 0 Å². The molecule has 0 unspecified atom stereocenters. The first kappa shape index (κ1) is 21.4. The van der Waals surface area contributed by atoms with E-state index in [0.717, 1.165) is 69.7 Å². The van der Waals surface area contributed by atoms with E-state index in [1.165, 1.54) is 0 Å². The topological polar surface area (TPSA) is 51.7 Å². The largest absolute Gasteiger partial charge is 0.346 e. The molecule has 0 aliphatic carbocycles. The number of nitrogens with zero attached hydrogens (tertiary/aromatic N) is 4. The zero-order valence-corrected chi connectivity index (χ0v) is 16.5. The van der Waals surface area contributed by atoms with Gasteiger partial charge in [0.05, 0.1) is 5.69 Å². The Bertz CT molecular complexity index is 502. The van der Waals surface area contributed by atoms with Crippen molar-refractivity contribution in [1.29, 1.82) is 0 Å². The van der Waals surface area contributed by atoms with E-state index in [9.17, 15) is 4.79 Å². The van der Waals surface area contributed by atoms with Gasteiger partial charge in [-0.05, 0) is 6.92 Å². The molecule has 0 radical (unpaired) electrons. The van der Waals surface area contributed by atoms with Gasteiger partial charge in [-0.15, -0.1) is 36.2 Å². The van der Waals surface area contributed by atoms with E-state index >= 15 is 0 Å². The average molecular weight is 396 g/mol. The molecule has 0 saturated carbocycles. The first-order valence-corrected chi connectivity index (χ1v) is 8.98. The highest BCUT2D eigenvalue weighted by molar-refractivity contribution is 7.13. The molecule has 1 aromatic heterocycles. The summed E-state index contributed by atoms with van der Waals surface area (Å²) in [6.07, 6.45) is 0.649. The zero-order valence-electron chi connectivity index (χ0n) is 14.1. The fourth-order valence-corrected chi connectivity index (χ4v) is 3.83. The molecule has 0 bridgehead atoms. The minimum absolute atomic E-state index is 0. The summed E-state index contributed by atoms with van der Waals surface area (Å²) < 4.78 is 0. The number of piperazine rings is 2. The Balaban J connectivity index is 0.00000144. The van der Waals surface area contributed by atoms with E-state index in [2.05, 4.69) is 25.5 Å². The van der Waals surface area contributed by atoms with Crippen molar-refractivity contribution in [3.8, 4) is 0 Å². The number of carbonyl (C=O) groups is 1. The zero-order chi connectivity index (χ0) is 15.4. The van der Waals surface area contributed by atoms with Crippen LogP contribution in [0.2, 0.25) is 0 Å². The van der Waals surface area contributed by atoms with Crippen LogP contribution in [0, 0.1) is 6.92 Å². The molecule has 6 nitrogen and oxygen atoms in total. The standard InChI is InChI=1S/C15H25N5OS.2ClH/c1-13-12-22-15(17-13)20-10-8-18(9-11-20)5-2-14(21)19-6-3-16-4-7-19;;/h12,16H,2-11H2,1H3;2*1H. The lowest BCUT2D eigenvalue weighted by Gasteiger charge is -2.35. The lowest BCUT2D eigenvalue weighted by atomic mass is 10.2. The molecule has 0 atom stereocenters. The highest BCUT2D eigenvalue weighted by atomic mass is 35.5. The summed E-state index contributed by atoms with van der Waals surface area (Å²) in [6.45, 7) is 10.6. The number of nitrogens with one attached hydrogen (secondary N) is 1. The Hall–Kier alpha value is -0.600. The molecule has 24 heavy (non-hydrogen) atoms. The third kappa shape index (κ3) is 5.74. The van der Waals surface area contributed by atoms with E-state index in [1.54, 1.807) is 11.3 Å². The number of hydrogen-bond acceptors (Lipinski definition) is 6. The van der Waals surface area contributed by atoms with Gasteiger partial charge in [-0.1, -0.05) is 0 Å². The summed E-state index contributed by atoms with van der Waals surface area (Å²) in [5, 5.41) is 6.52. The van der Waals surface area contributed by atoms with Crippen molar-refractivity contribution in [3.63, 3.8) is 0 Å². The molecule has 1 aromatic rings. The first-order chi connectivity index (χ1) is 10.7. The highest BCUT2D eigenvalue weighted by Crippen LogP contribution is 2.21. The van der Waals surface area contributed by atoms with Crippen molar-refractivity contribution in [1.82, 2.24) is 20.1 Å². The van der Waals surface area contributed by atoms with E-state index in [0.29, 0.717) is 12.3 Å². The number of hydrogen-bond donors (Lipinski definition) is 1.